The number of ether oxygens (including phenoxy) is 2. The first kappa shape index (κ1) is 12.5. The molecule has 0 aliphatic rings. The van der Waals surface area contributed by atoms with E-state index in [2.05, 4.69) is 4.74 Å². The Kier molecular flexibility index (Phi) is 4.79. The third-order valence-electron chi connectivity index (χ3n) is 2.21. The van der Waals surface area contributed by atoms with Crippen molar-refractivity contribution in [1.29, 1.82) is 0 Å². The molecule has 1 aromatic rings. The van der Waals surface area contributed by atoms with Crippen LogP contribution in [0.4, 0.5) is 0 Å². The van der Waals surface area contributed by atoms with Gasteiger partial charge in [-0.2, -0.15) is 0 Å². The van der Waals surface area contributed by atoms with E-state index in [1.54, 1.807) is 31.2 Å². The Morgan fingerprint density at radius 2 is 2.00 bits per heavy atom. The molecule has 16 heavy (non-hydrogen) atoms. The fourth-order valence-corrected chi connectivity index (χ4v) is 1.18. The fraction of sp³-hybridized carbons (Fsp3) is 0.417. The summed E-state index contributed by atoms with van der Waals surface area (Å²) in [5.74, 6) is 0.0995. The summed E-state index contributed by atoms with van der Waals surface area (Å²) >= 11 is 0. The lowest BCUT2D eigenvalue weighted by atomic mass is 10.2. The van der Waals surface area contributed by atoms with Gasteiger partial charge in [0.05, 0.1) is 19.6 Å². The molecule has 1 unspecified atom stereocenters. The number of esters is 1. The van der Waals surface area contributed by atoms with Crippen LogP contribution >= 0.6 is 0 Å². The molecule has 0 aliphatic carbocycles. The van der Waals surface area contributed by atoms with Crippen molar-refractivity contribution in [2.45, 2.75) is 13.5 Å². The smallest absolute Gasteiger partial charge is 0.311 e. The molecular weight excluding hydrogens is 208 g/mol. The molecule has 0 spiro atoms. The number of rotatable bonds is 5. The molecule has 0 aliphatic heterocycles. The number of carbonyl (C=O) groups is 1. The van der Waals surface area contributed by atoms with E-state index >= 15 is 0 Å². The van der Waals surface area contributed by atoms with Crippen molar-refractivity contribution in [3.05, 3.63) is 29.8 Å². The van der Waals surface area contributed by atoms with E-state index in [0.717, 1.165) is 5.56 Å². The van der Waals surface area contributed by atoms with Gasteiger partial charge in [0, 0.05) is 0 Å². The van der Waals surface area contributed by atoms with E-state index in [1.807, 2.05) is 0 Å². The van der Waals surface area contributed by atoms with Crippen LogP contribution in [0.25, 0.3) is 0 Å². The van der Waals surface area contributed by atoms with Crippen molar-refractivity contribution in [1.82, 2.24) is 0 Å². The molecule has 0 saturated carbocycles. The molecule has 0 aromatic heterocycles. The number of hydrogen-bond donors (Lipinski definition) is 1. The molecule has 0 fully saturated rings. The lowest BCUT2D eigenvalue weighted by Crippen LogP contribution is -2.19. The molecule has 0 amide bonds. The number of carbonyl (C=O) groups excluding carboxylic acids is 1. The monoisotopic (exact) mass is 224 g/mol. The molecule has 1 atom stereocenters. The maximum absolute atomic E-state index is 11.1. The predicted molar refractivity (Wildman–Crippen MR) is 59.0 cm³/mol. The maximum Gasteiger partial charge on any atom is 0.311 e. The first-order valence-corrected chi connectivity index (χ1v) is 5.07. The molecule has 0 saturated heterocycles. The molecule has 0 bridgehead atoms. The Labute approximate surface area is 94.8 Å². The van der Waals surface area contributed by atoms with Crippen LogP contribution in [0.2, 0.25) is 0 Å². The summed E-state index contributed by atoms with van der Waals surface area (Å²) in [6, 6.07) is 7.07. The van der Waals surface area contributed by atoms with Crippen molar-refractivity contribution >= 4 is 5.97 Å². The molecule has 4 heteroatoms. The molecule has 1 N–H and O–H groups in total. The van der Waals surface area contributed by atoms with Gasteiger partial charge in [-0.3, -0.25) is 4.79 Å². The number of benzene rings is 1. The summed E-state index contributed by atoms with van der Waals surface area (Å²) in [5, 5.41) is 8.85. The van der Waals surface area contributed by atoms with E-state index in [4.69, 9.17) is 9.84 Å². The summed E-state index contributed by atoms with van der Waals surface area (Å²) in [4.78, 5) is 11.1. The van der Waals surface area contributed by atoms with Crippen molar-refractivity contribution in [3.8, 4) is 5.75 Å². The highest BCUT2D eigenvalue weighted by atomic mass is 16.5. The Morgan fingerprint density at radius 3 is 2.50 bits per heavy atom. The molecule has 4 nitrogen and oxygen atoms in total. The van der Waals surface area contributed by atoms with Crippen LogP contribution in [0, 0.1) is 5.92 Å². The summed E-state index contributed by atoms with van der Waals surface area (Å²) in [7, 11) is 1.36. The summed E-state index contributed by atoms with van der Waals surface area (Å²) < 4.78 is 9.99. The highest BCUT2D eigenvalue weighted by Gasteiger charge is 2.13. The van der Waals surface area contributed by atoms with Gasteiger partial charge in [-0.25, -0.2) is 0 Å². The first-order valence-electron chi connectivity index (χ1n) is 5.07. The molecule has 88 valence electrons. The average Bonchev–Trinajstić information content (AvgIpc) is 2.35. The van der Waals surface area contributed by atoms with Crippen molar-refractivity contribution in [2.75, 3.05) is 13.7 Å². The highest BCUT2D eigenvalue weighted by molar-refractivity contribution is 5.71. The van der Waals surface area contributed by atoms with Gasteiger partial charge in [-0.1, -0.05) is 12.1 Å². The van der Waals surface area contributed by atoms with E-state index < -0.39 is 0 Å². The minimum absolute atomic E-state index is 0.0127. The second-order valence-electron chi connectivity index (χ2n) is 3.54. The molecule has 1 rings (SSSR count). The van der Waals surface area contributed by atoms with Crippen LogP contribution in [0.15, 0.2) is 24.3 Å². The van der Waals surface area contributed by atoms with Crippen LogP contribution in [-0.4, -0.2) is 24.8 Å². The highest BCUT2D eigenvalue weighted by Crippen LogP contribution is 2.13. The van der Waals surface area contributed by atoms with E-state index in [1.165, 1.54) is 7.11 Å². The van der Waals surface area contributed by atoms with Crippen LogP contribution in [0.5, 0.6) is 5.75 Å². The van der Waals surface area contributed by atoms with Gasteiger partial charge in [0.1, 0.15) is 12.4 Å². The van der Waals surface area contributed by atoms with Crippen LogP contribution in [-0.2, 0) is 16.1 Å². The topological polar surface area (TPSA) is 55.8 Å². The molecule has 0 heterocycles. The molecule has 1 aromatic carbocycles. The normalized spacial score (nSPS) is 11.9. The maximum atomic E-state index is 11.1. The van der Waals surface area contributed by atoms with Gasteiger partial charge in [0.2, 0.25) is 0 Å². The number of hydrogen-bond acceptors (Lipinski definition) is 4. The van der Waals surface area contributed by atoms with Gasteiger partial charge in [-0.05, 0) is 24.6 Å². The second-order valence-corrected chi connectivity index (χ2v) is 3.54. The van der Waals surface area contributed by atoms with E-state index in [9.17, 15) is 4.79 Å². The summed E-state index contributed by atoms with van der Waals surface area (Å²) in [6.45, 7) is 2.04. The largest absolute Gasteiger partial charge is 0.493 e. The fourth-order valence-electron chi connectivity index (χ4n) is 1.18. The Balaban J connectivity index is 2.45. The molecule has 0 radical (unpaired) electrons. The third kappa shape index (κ3) is 3.55. The lowest BCUT2D eigenvalue weighted by Gasteiger charge is -2.11. The molecular formula is C12H16O4. The second kappa shape index (κ2) is 6.12. The van der Waals surface area contributed by atoms with Gasteiger partial charge in [0.25, 0.3) is 0 Å². The summed E-state index contributed by atoms with van der Waals surface area (Å²) in [5.41, 5.74) is 0.827. The Bertz CT molecular complexity index is 331. The third-order valence-corrected chi connectivity index (χ3v) is 2.21. The van der Waals surface area contributed by atoms with Crippen LogP contribution in [0.3, 0.4) is 0 Å². The average molecular weight is 224 g/mol. The standard InChI is InChI=1S/C12H16O4/c1-9(12(14)15-2)8-16-11-5-3-10(7-13)4-6-11/h3-6,9,13H,7-8H2,1-2H3. The van der Waals surface area contributed by atoms with Gasteiger partial charge >= 0.3 is 5.97 Å². The zero-order valence-electron chi connectivity index (χ0n) is 9.47. The van der Waals surface area contributed by atoms with E-state index in [-0.39, 0.29) is 25.1 Å². The summed E-state index contributed by atoms with van der Waals surface area (Å²) in [6.07, 6.45) is 0. The van der Waals surface area contributed by atoms with Crippen LogP contribution in [0.1, 0.15) is 12.5 Å². The first-order chi connectivity index (χ1) is 7.67. The van der Waals surface area contributed by atoms with Gasteiger partial charge in [0.15, 0.2) is 0 Å². The van der Waals surface area contributed by atoms with Crippen molar-refractivity contribution in [3.63, 3.8) is 0 Å². The zero-order chi connectivity index (χ0) is 12.0. The predicted octanol–water partition coefficient (Wildman–Crippen LogP) is 1.37. The van der Waals surface area contributed by atoms with Crippen LogP contribution < -0.4 is 4.74 Å². The lowest BCUT2D eigenvalue weighted by molar-refractivity contribution is -0.145. The van der Waals surface area contributed by atoms with Gasteiger partial charge in [-0.15, -0.1) is 0 Å². The Morgan fingerprint density at radius 1 is 1.38 bits per heavy atom. The van der Waals surface area contributed by atoms with Crippen molar-refractivity contribution in [2.24, 2.45) is 5.92 Å². The quantitative estimate of drug-likeness (QED) is 0.767. The number of aliphatic hydroxyl groups excluding tert-OH is 1. The number of methoxy groups -OCH3 is 1. The minimum Gasteiger partial charge on any atom is -0.493 e. The van der Waals surface area contributed by atoms with Gasteiger partial charge < -0.3 is 14.6 Å². The Hall–Kier alpha value is -1.55. The zero-order valence-corrected chi connectivity index (χ0v) is 9.47. The SMILES string of the molecule is COC(=O)C(C)COc1ccc(CO)cc1. The van der Waals surface area contributed by atoms with E-state index in [0.29, 0.717) is 5.75 Å². The minimum atomic E-state index is -0.289. The number of aliphatic hydroxyl groups is 1. The van der Waals surface area contributed by atoms with Crippen molar-refractivity contribution < 1.29 is 19.4 Å².